The molecule has 2 aromatic heterocycles. The molecule has 1 amide bonds. The van der Waals surface area contributed by atoms with Crippen LogP contribution in [-0.2, 0) is 11.3 Å². The topological polar surface area (TPSA) is 64.9 Å². The zero-order chi connectivity index (χ0) is 17.6. The van der Waals surface area contributed by atoms with Crippen molar-refractivity contribution >= 4 is 11.6 Å². The van der Waals surface area contributed by atoms with E-state index in [-0.39, 0.29) is 5.91 Å². The van der Waals surface area contributed by atoms with Crippen molar-refractivity contribution in [2.24, 2.45) is 0 Å². The minimum absolute atomic E-state index is 0.193. The summed E-state index contributed by atoms with van der Waals surface area (Å²) in [5, 5.41) is 2.90. The standard InChI is InChI=1S/C19H21N3O3/c1-14-6-5-9-18-21-15(13-22(14)18)12-20-19(23)16-7-3-4-8-17(16)25-11-10-24-2/h3-9,13H,10-12H2,1-2H3,(H,20,23). The van der Waals surface area contributed by atoms with E-state index in [4.69, 9.17) is 9.47 Å². The maximum Gasteiger partial charge on any atom is 0.255 e. The minimum Gasteiger partial charge on any atom is -0.490 e. The van der Waals surface area contributed by atoms with Gasteiger partial charge in [0.15, 0.2) is 0 Å². The fraction of sp³-hybridized carbons (Fsp3) is 0.263. The van der Waals surface area contributed by atoms with Gasteiger partial charge in [-0.1, -0.05) is 18.2 Å². The van der Waals surface area contributed by atoms with Crippen LogP contribution in [-0.4, -0.2) is 35.6 Å². The van der Waals surface area contributed by atoms with Crippen molar-refractivity contribution in [1.29, 1.82) is 0 Å². The van der Waals surface area contributed by atoms with E-state index in [1.807, 2.05) is 47.9 Å². The average Bonchev–Trinajstić information content (AvgIpc) is 3.05. The second kappa shape index (κ2) is 7.81. The molecule has 0 unspecified atom stereocenters. The molecule has 0 aliphatic carbocycles. The number of carbonyl (C=O) groups is 1. The number of nitrogens with zero attached hydrogens (tertiary/aromatic N) is 2. The van der Waals surface area contributed by atoms with Crippen LogP contribution >= 0.6 is 0 Å². The third-order valence-corrected chi connectivity index (χ3v) is 3.85. The number of para-hydroxylation sites is 1. The highest BCUT2D eigenvalue weighted by atomic mass is 16.5. The van der Waals surface area contributed by atoms with Gasteiger partial charge in [-0.05, 0) is 31.2 Å². The summed E-state index contributed by atoms with van der Waals surface area (Å²) in [6.07, 6.45) is 1.94. The fourth-order valence-corrected chi connectivity index (χ4v) is 2.57. The van der Waals surface area contributed by atoms with Crippen LogP contribution in [0.3, 0.4) is 0 Å². The Morgan fingerprint density at radius 1 is 1.16 bits per heavy atom. The van der Waals surface area contributed by atoms with Gasteiger partial charge in [0.1, 0.15) is 18.0 Å². The van der Waals surface area contributed by atoms with Gasteiger partial charge in [0.05, 0.1) is 24.4 Å². The van der Waals surface area contributed by atoms with E-state index in [9.17, 15) is 4.79 Å². The summed E-state index contributed by atoms with van der Waals surface area (Å²) in [6.45, 7) is 3.24. The lowest BCUT2D eigenvalue weighted by Gasteiger charge is -2.11. The smallest absolute Gasteiger partial charge is 0.255 e. The Kier molecular flexibility index (Phi) is 5.30. The Hall–Kier alpha value is -2.86. The maximum absolute atomic E-state index is 12.5. The summed E-state index contributed by atoms with van der Waals surface area (Å²) in [5.41, 5.74) is 3.27. The minimum atomic E-state index is -0.193. The van der Waals surface area contributed by atoms with Gasteiger partial charge >= 0.3 is 0 Å². The lowest BCUT2D eigenvalue weighted by Crippen LogP contribution is -2.23. The second-order valence-electron chi connectivity index (χ2n) is 5.65. The molecule has 0 fully saturated rings. The van der Waals surface area contributed by atoms with E-state index in [1.165, 1.54) is 0 Å². The molecule has 0 atom stereocenters. The van der Waals surface area contributed by atoms with Gasteiger partial charge in [-0.15, -0.1) is 0 Å². The summed E-state index contributed by atoms with van der Waals surface area (Å²) in [6, 6.07) is 13.1. The van der Waals surface area contributed by atoms with E-state index < -0.39 is 0 Å². The highest BCUT2D eigenvalue weighted by Gasteiger charge is 2.12. The number of nitrogens with one attached hydrogen (secondary N) is 1. The normalized spacial score (nSPS) is 10.8. The van der Waals surface area contributed by atoms with E-state index >= 15 is 0 Å². The fourth-order valence-electron chi connectivity index (χ4n) is 2.57. The van der Waals surface area contributed by atoms with Crippen LogP contribution in [0.25, 0.3) is 5.65 Å². The van der Waals surface area contributed by atoms with Gasteiger partial charge in [-0.2, -0.15) is 0 Å². The molecule has 0 radical (unpaired) electrons. The molecule has 2 heterocycles. The van der Waals surface area contributed by atoms with Crippen molar-refractivity contribution in [3.05, 3.63) is 65.6 Å². The third kappa shape index (κ3) is 3.97. The number of hydrogen-bond acceptors (Lipinski definition) is 4. The highest BCUT2D eigenvalue weighted by Crippen LogP contribution is 2.18. The van der Waals surface area contributed by atoms with E-state index in [0.29, 0.717) is 31.1 Å². The number of pyridine rings is 1. The molecule has 3 rings (SSSR count). The molecular formula is C19H21N3O3. The summed E-state index contributed by atoms with van der Waals surface area (Å²) in [5.74, 6) is 0.352. The molecule has 0 bridgehead atoms. The van der Waals surface area contributed by atoms with Crippen LogP contribution in [0.1, 0.15) is 21.7 Å². The highest BCUT2D eigenvalue weighted by molar-refractivity contribution is 5.96. The molecular weight excluding hydrogens is 318 g/mol. The molecule has 0 aliphatic heterocycles. The number of imidazole rings is 1. The molecule has 1 N–H and O–H groups in total. The number of hydrogen-bond donors (Lipinski definition) is 1. The number of aryl methyl sites for hydroxylation is 1. The quantitative estimate of drug-likeness (QED) is 0.672. The number of fused-ring (bicyclic) bond motifs is 1. The van der Waals surface area contributed by atoms with Crippen molar-refractivity contribution in [3.8, 4) is 5.75 Å². The van der Waals surface area contributed by atoms with Crippen LogP contribution in [0.4, 0.5) is 0 Å². The molecule has 0 aliphatic rings. The second-order valence-corrected chi connectivity index (χ2v) is 5.65. The van der Waals surface area contributed by atoms with Crippen LogP contribution < -0.4 is 10.1 Å². The molecule has 1 aromatic carbocycles. The summed E-state index contributed by atoms with van der Waals surface area (Å²) in [4.78, 5) is 17.0. The zero-order valence-electron chi connectivity index (χ0n) is 14.4. The largest absolute Gasteiger partial charge is 0.490 e. The first kappa shape index (κ1) is 17.0. The Morgan fingerprint density at radius 3 is 2.80 bits per heavy atom. The molecule has 130 valence electrons. The predicted molar refractivity (Wildman–Crippen MR) is 94.9 cm³/mol. The van der Waals surface area contributed by atoms with Crippen LogP contribution in [0.2, 0.25) is 0 Å². The number of aromatic nitrogens is 2. The lowest BCUT2D eigenvalue weighted by molar-refractivity contribution is 0.0942. The third-order valence-electron chi connectivity index (χ3n) is 3.85. The van der Waals surface area contributed by atoms with Gasteiger partial charge in [0.2, 0.25) is 0 Å². The predicted octanol–water partition coefficient (Wildman–Crippen LogP) is 2.60. The molecule has 0 saturated carbocycles. The van der Waals surface area contributed by atoms with Crippen molar-refractivity contribution in [2.45, 2.75) is 13.5 Å². The zero-order valence-corrected chi connectivity index (χ0v) is 14.4. The van der Waals surface area contributed by atoms with E-state index in [2.05, 4.69) is 10.3 Å². The SMILES string of the molecule is COCCOc1ccccc1C(=O)NCc1cn2c(C)cccc2n1. The Bertz CT molecular complexity index is 873. The maximum atomic E-state index is 12.5. The molecule has 3 aromatic rings. The van der Waals surface area contributed by atoms with E-state index in [1.54, 1.807) is 19.2 Å². The first-order chi connectivity index (χ1) is 12.2. The van der Waals surface area contributed by atoms with Crippen molar-refractivity contribution in [2.75, 3.05) is 20.3 Å². The molecule has 6 heteroatoms. The van der Waals surface area contributed by atoms with Gasteiger partial charge < -0.3 is 19.2 Å². The van der Waals surface area contributed by atoms with Crippen LogP contribution in [0.5, 0.6) is 5.75 Å². The first-order valence-electron chi connectivity index (χ1n) is 8.11. The molecule has 25 heavy (non-hydrogen) atoms. The van der Waals surface area contributed by atoms with Crippen molar-refractivity contribution in [1.82, 2.24) is 14.7 Å². The van der Waals surface area contributed by atoms with Crippen molar-refractivity contribution < 1.29 is 14.3 Å². The lowest BCUT2D eigenvalue weighted by atomic mass is 10.2. The van der Waals surface area contributed by atoms with Crippen LogP contribution in [0, 0.1) is 6.92 Å². The van der Waals surface area contributed by atoms with Gasteiger partial charge in [-0.25, -0.2) is 4.98 Å². The Balaban J connectivity index is 1.68. The summed E-state index contributed by atoms with van der Waals surface area (Å²) in [7, 11) is 1.61. The number of methoxy groups -OCH3 is 1. The monoisotopic (exact) mass is 339 g/mol. The number of ether oxygens (including phenoxy) is 2. The Labute approximate surface area is 146 Å². The Morgan fingerprint density at radius 2 is 2.00 bits per heavy atom. The van der Waals surface area contributed by atoms with Gasteiger partial charge in [0.25, 0.3) is 5.91 Å². The number of rotatable bonds is 7. The first-order valence-corrected chi connectivity index (χ1v) is 8.11. The van der Waals surface area contributed by atoms with E-state index in [0.717, 1.165) is 17.0 Å². The van der Waals surface area contributed by atoms with Gasteiger partial charge in [0, 0.05) is 19.0 Å². The number of amides is 1. The molecule has 0 spiro atoms. The average molecular weight is 339 g/mol. The summed E-state index contributed by atoms with van der Waals surface area (Å²) < 4.78 is 12.6. The molecule has 6 nitrogen and oxygen atoms in total. The van der Waals surface area contributed by atoms with Crippen LogP contribution in [0.15, 0.2) is 48.7 Å². The number of carbonyl (C=O) groups excluding carboxylic acids is 1. The van der Waals surface area contributed by atoms with Crippen molar-refractivity contribution in [3.63, 3.8) is 0 Å². The van der Waals surface area contributed by atoms with Gasteiger partial charge in [-0.3, -0.25) is 4.79 Å². The number of benzene rings is 1. The molecule has 0 saturated heterocycles. The summed E-state index contributed by atoms with van der Waals surface area (Å²) >= 11 is 0.